The van der Waals surface area contributed by atoms with Crippen LogP contribution in [-0.2, 0) is 4.74 Å². The predicted octanol–water partition coefficient (Wildman–Crippen LogP) is 1.31. The number of carbonyl (C=O) groups excluding carboxylic acids is 1. The molecule has 0 aliphatic heterocycles. The molecule has 6 heteroatoms. The van der Waals surface area contributed by atoms with E-state index in [1.54, 1.807) is 19.2 Å². The SMILES string of the molecule is COCC(CCN)NC(=O)Nc1ccccc1F. The zero-order chi connectivity index (χ0) is 13.4. The predicted molar refractivity (Wildman–Crippen MR) is 67.9 cm³/mol. The summed E-state index contributed by atoms with van der Waals surface area (Å²) in [6, 6.07) is 5.30. The first-order chi connectivity index (χ1) is 8.67. The van der Waals surface area contributed by atoms with Crippen LogP contribution in [0.4, 0.5) is 14.9 Å². The topological polar surface area (TPSA) is 76.4 Å². The summed E-state index contributed by atoms with van der Waals surface area (Å²) < 4.78 is 18.3. The third-order valence-electron chi connectivity index (χ3n) is 2.34. The quantitative estimate of drug-likeness (QED) is 0.717. The summed E-state index contributed by atoms with van der Waals surface area (Å²) in [6.45, 7) is 0.801. The molecule has 1 aromatic rings. The number of methoxy groups -OCH3 is 1. The highest BCUT2D eigenvalue weighted by atomic mass is 19.1. The first-order valence-corrected chi connectivity index (χ1v) is 5.68. The Morgan fingerprint density at radius 3 is 2.83 bits per heavy atom. The Hall–Kier alpha value is -1.66. The Labute approximate surface area is 106 Å². The molecule has 0 saturated heterocycles. The maximum absolute atomic E-state index is 13.3. The molecule has 5 nitrogen and oxygen atoms in total. The summed E-state index contributed by atoms with van der Waals surface area (Å²) in [4.78, 5) is 11.6. The standard InChI is InChI=1S/C12H18FN3O2/c1-18-8-9(6-7-14)15-12(17)16-11-5-3-2-4-10(11)13/h2-5,9H,6-8,14H2,1H3,(H2,15,16,17). The molecule has 0 bridgehead atoms. The van der Waals surface area contributed by atoms with Crippen LogP contribution < -0.4 is 16.4 Å². The highest BCUT2D eigenvalue weighted by molar-refractivity contribution is 5.89. The van der Waals surface area contributed by atoms with E-state index in [2.05, 4.69) is 10.6 Å². The fraction of sp³-hybridized carbons (Fsp3) is 0.417. The molecular formula is C12H18FN3O2. The third-order valence-corrected chi connectivity index (χ3v) is 2.34. The number of benzene rings is 1. The van der Waals surface area contributed by atoms with Gasteiger partial charge in [0.1, 0.15) is 5.82 Å². The van der Waals surface area contributed by atoms with Crippen molar-refractivity contribution >= 4 is 11.7 Å². The van der Waals surface area contributed by atoms with Crippen molar-refractivity contribution in [1.82, 2.24) is 5.32 Å². The van der Waals surface area contributed by atoms with Gasteiger partial charge >= 0.3 is 6.03 Å². The molecule has 1 unspecified atom stereocenters. The van der Waals surface area contributed by atoms with Gasteiger partial charge in [-0.15, -0.1) is 0 Å². The lowest BCUT2D eigenvalue weighted by molar-refractivity contribution is 0.164. The van der Waals surface area contributed by atoms with Gasteiger partial charge in [0.05, 0.1) is 18.3 Å². The van der Waals surface area contributed by atoms with Crippen molar-refractivity contribution in [1.29, 1.82) is 0 Å². The van der Waals surface area contributed by atoms with E-state index < -0.39 is 11.8 Å². The number of hydrogen-bond acceptors (Lipinski definition) is 3. The van der Waals surface area contributed by atoms with Crippen molar-refractivity contribution in [3.63, 3.8) is 0 Å². The van der Waals surface area contributed by atoms with E-state index >= 15 is 0 Å². The number of nitrogens with two attached hydrogens (primary N) is 1. The van der Waals surface area contributed by atoms with E-state index in [0.717, 1.165) is 0 Å². The average molecular weight is 255 g/mol. The van der Waals surface area contributed by atoms with Gasteiger partial charge in [-0.3, -0.25) is 0 Å². The van der Waals surface area contributed by atoms with Gasteiger partial charge in [0, 0.05) is 7.11 Å². The Morgan fingerprint density at radius 2 is 2.22 bits per heavy atom. The van der Waals surface area contributed by atoms with Gasteiger partial charge in [-0.05, 0) is 25.1 Å². The molecule has 0 aliphatic rings. The van der Waals surface area contributed by atoms with Gasteiger partial charge in [-0.25, -0.2) is 9.18 Å². The zero-order valence-electron chi connectivity index (χ0n) is 10.3. The molecule has 0 aromatic heterocycles. The van der Waals surface area contributed by atoms with Crippen LogP contribution in [0.15, 0.2) is 24.3 Å². The number of nitrogens with one attached hydrogen (secondary N) is 2. The van der Waals surface area contributed by atoms with E-state index in [4.69, 9.17) is 10.5 Å². The van der Waals surface area contributed by atoms with Crippen LogP contribution in [0, 0.1) is 5.82 Å². The smallest absolute Gasteiger partial charge is 0.319 e. The Balaban J connectivity index is 2.52. The lowest BCUT2D eigenvalue weighted by atomic mass is 10.2. The highest BCUT2D eigenvalue weighted by Gasteiger charge is 2.12. The van der Waals surface area contributed by atoms with Gasteiger partial charge in [-0.2, -0.15) is 0 Å². The van der Waals surface area contributed by atoms with Gasteiger partial charge < -0.3 is 21.1 Å². The van der Waals surface area contributed by atoms with Crippen molar-refractivity contribution in [2.45, 2.75) is 12.5 Å². The average Bonchev–Trinajstić information content (AvgIpc) is 2.33. The molecule has 0 fully saturated rings. The molecule has 4 N–H and O–H groups in total. The second kappa shape index (κ2) is 7.62. The Kier molecular flexibility index (Phi) is 6.10. The zero-order valence-corrected chi connectivity index (χ0v) is 10.3. The van der Waals surface area contributed by atoms with E-state index in [1.165, 1.54) is 12.1 Å². The van der Waals surface area contributed by atoms with Crippen molar-refractivity contribution in [2.24, 2.45) is 5.73 Å². The van der Waals surface area contributed by atoms with Gasteiger partial charge in [-0.1, -0.05) is 12.1 Å². The van der Waals surface area contributed by atoms with Crippen LogP contribution >= 0.6 is 0 Å². The Bertz CT molecular complexity index is 381. The van der Waals surface area contributed by atoms with Gasteiger partial charge in [0.15, 0.2) is 0 Å². The fourth-order valence-electron chi connectivity index (χ4n) is 1.51. The second-order valence-corrected chi connectivity index (χ2v) is 3.81. The third kappa shape index (κ3) is 4.68. The largest absolute Gasteiger partial charge is 0.383 e. The summed E-state index contributed by atoms with van der Waals surface area (Å²) in [6.07, 6.45) is 0.596. The molecule has 0 spiro atoms. The van der Waals surface area contributed by atoms with Crippen LogP contribution in [0.3, 0.4) is 0 Å². The fourth-order valence-corrected chi connectivity index (χ4v) is 1.51. The van der Waals surface area contributed by atoms with Crippen LogP contribution in [0.5, 0.6) is 0 Å². The number of hydrogen-bond donors (Lipinski definition) is 3. The molecular weight excluding hydrogens is 237 g/mol. The van der Waals surface area contributed by atoms with E-state index in [9.17, 15) is 9.18 Å². The molecule has 0 radical (unpaired) electrons. The number of halogens is 1. The minimum absolute atomic E-state index is 0.138. The van der Waals surface area contributed by atoms with Crippen molar-refractivity contribution < 1.29 is 13.9 Å². The Morgan fingerprint density at radius 1 is 1.50 bits per heavy atom. The summed E-state index contributed by atoms with van der Waals surface area (Å²) in [5.41, 5.74) is 5.56. The normalized spacial score (nSPS) is 11.9. The molecule has 1 atom stereocenters. The van der Waals surface area contributed by atoms with E-state index in [1.807, 2.05) is 0 Å². The lowest BCUT2D eigenvalue weighted by Crippen LogP contribution is -2.41. The van der Waals surface area contributed by atoms with Crippen LogP contribution in [0.25, 0.3) is 0 Å². The van der Waals surface area contributed by atoms with Crippen molar-refractivity contribution in [3.8, 4) is 0 Å². The number of urea groups is 1. The van der Waals surface area contributed by atoms with Crippen LogP contribution in [0.1, 0.15) is 6.42 Å². The number of rotatable bonds is 6. The molecule has 100 valence electrons. The molecule has 0 saturated carbocycles. The van der Waals surface area contributed by atoms with E-state index in [0.29, 0.717) is 19.6 Å². The van der Waals surface area contributed by atoms with Crippen molar-refractivity contribution in [3.05, 3.63) is 30.1 Å². The monoisotopic (exact) mass is 255 g/mol. The summed E-state index contributed by atoms with van der Waals surface area (Å²) in [7, 11) is 1.54. The van der Waals surface area contributed by atoms with E-state index in [-0.39, 0.29) is 11.7 Å². The number of amides is 2. The molecule has 18 heavy (non-hydrogen) atoms. The minimum atomic E-state index is -0.477. The maximum atomic E-state index is 13.3. The first kappa shape index (κ1) is 14.4. The molecule has 2 amide bonds. The lowest BCUT2D eigenvalue weighted by Gasteiger charge is -2.17. The number of ether oxygens (including phenoxy) is 1. The van der Waals surface area contributed by atoms with Gasteiger partial charge in [0.2, 0.25) is 0 Å². The number of para-hydroxylation sites is 1. The van der Waals surface area contributed by atoms with Crippen LogP contribution in [-0.4, -0.2) is 32.3 Å². The molecule has 0 aliphatic carbocycles. The van der Waals surface area contributed by atoms with Crippen LogP contribution in [0.2, 0.25) is 0 Å². The number of anilines is 1. The summed E-state index contributed by atoms with van der Waals surface area (Å²) >= 11 is 0. The molecule has 0 heterocycles. The summed E-state index contributed by atoms with van der Waals surface area (Å²) in [5, 5.41) is 5.11. The second-order valence-electron chi connectivity index (χ2n) is 3.81. The maximum Gasteiger partial charge on any atom is 0.319 e. The van der Waals surface area contributed by atoms with Gasteiger partial charge in [0.25, 0.3) is 0 Å². The molecule has 1 aromatic carbocycles. The summed E-state index contributed by atoms with van der Waals surface area (Å²) in [5.74, 6) is -0.477. The highest BCUT2D eigenvalue weighted by Crippen LogP contribution is 2.11. The minimum Gasteiger partial charge on any atom is -0.383 e. The first-order valence-electron chi connectivity index (χ1n) is 5.68. The number of carbonyl (C=O) groups is 1. The van der Waals surface area contributed by atoms with Crippen molar-refractivity contribution in [2.75, 3.05) is 25.6 Å². The molecule has 1 rings (SSSR count).